The summed E-state index contributed by atoms with van der Waals surface area (Å²) in [4.78, 5) is 37.8. The van der Waals surface area contributed by atoms with Gasteiger partial charge in [0.2, 0.25) is 5.91 Å². The summed E-state index contributed by atoms with van der Waals surface area (Å²) in [5, 5.41) is 2.79. The Bertz CT molecular complexity index is 821. The van der Waals surface area contributed by atoms with Crippen molar-refractivity contribution in [3.8, 4) is 0 Å². The minimum absolute atomic E-state index is 0.0595. The summed E-state index contributed by atoms with van der Waals surface area (Å²) < 4.78 is 5.15. The fourth-order valence-corrected chi connectivity index (χ4v) is 3.59. The minimum atomic E-state index is -0.478. The molecule has 0 spiro atoms. The molecule has 0 radical (unpaired) electrons. The first-order chi connectivity index (χ1) is 12.8. The molecule has 1 amide bonds. The lowest BCUT2D eigenvalue weighted by Crippen LogP contribution is -2.15. The molecule has 0 atom stereocenters. The highest BCUT2D eigenvalue weighted by Gasteiger charge is 2.15. The molecule has 144 valence electrons. The number of Topliss-reactive ketones (excluding diaryl/α,β-unsaturated/α-hetero) is 1. The summed E-state index contributed by atoms with van der Waals surface area (Å²) in [7, 11) is 0. The van der Waals surface area contributed by atoms with E-state index in [1.54, 1.807) is 30.3 Å². The number of rotatable bonds is 8. The highest BCUT2D eigenvalue weighted by molar-refractivity contribution is 7.14. The van der Waals surface area contributed by atoms with Crippen LogP contribution in [-0.2, 0) is 16.0 Å². The van der Waals surface area contributed by atoms with Gasteiger partial charge in [0.05, 0.1) is 0 Å². The summed E-state index contributed by atoms with van der Waals surface area (Å²) in [6.07, 6.45) is 1.31. The summed E-state index contributed by atoms with van der Waals surface area (Å²) >= 11 is 1.40. The minimum Gasteiger partial charge on any atom is -0.453 e. The van der Waals surface area contributed by atoms with Gasteiger partial charge >= 0.3 is 5.97 Å². The predicted octanol–water partition coefficient (Wildman–Crippen LogP) is 4.64. The zero-order valence-corrected chi connectivity index (χ0v) is 16.9. The summed E-state index contributed by atoms with van der Waals surface area (Å²) in [6.45, 7) is 7.63. The summed E-state index contributed by atoms with van der Waals surface area (Å²) in [5.74, 6) is -0.544. The molecule has 0 unspecified atom stereocenters. The Morgan fingerprint density at radius 2 is 1.81 bits per heavy atom. The van der Waals surface area contributed by atoms with E-state index in [2.05, 4.69) is 5.32 Å². The van der Waals surface area contributed by atoms with Crippen LogP contribution in [-0.4, -0.2) is 24.3 Å². The van der Waals surface area contributed by atoms with Gasteiger partial charge in [0, 0.05) is 22.5 Å². The molecule has 0 saturated carbocycles. The van der Waals surface area contributed by atoms with Gasteiger partial charge in [-0.1, -0.05) is 20.8 Å². The molecular weight excluding hydrogens is 362 g/mol. The SMILES string of the molecule is CCc1sc(C(=O)OCC(=O)c2ccc(NC(=O)CC(C)C)cc2)cc1C. The van der Waals surface area contributed by atoms with Crippen LogP contribution in [0.15, 0.2) is 30.3 Å². The van der Waals surface area contributed by atoms with Crippen LogP contribution in [0.5, 0.6) is 0 Å². The number of amides is 1. The van der Waals surface area contributed by atoms with Crippen molar-refractivity contribution in [2.45, 2.75) is 40.5 Å². The number of carbonyl (C=O) groups is 3. The molecule has 0 bridgehead atoms. The van der Waals surface area contributed by atoms with Crippen molar-refractivity contribution in [3.63, 3.8) is 0 Å². The number of ether oxygens (including phenoxy) is 1. The molecule has 5 nitrogen and oxygen atoms in total. The quantitative estimate of drug-likeness (QED) is 0.529. The van der Waals surface area contributed by atoms with Crippen molar-refractivity contribution in [3.05, 3.63) is 51.2 Å². The Hall–Kier alpha value is -2.47. The van der Waals surface area contributed by atoms with Gasteiger partial charge < -0.3 is 10.1 Å². The van der Waals surface area contributed by atoms with Gasteiger partial charge in [-0.15, -0.1) is 11.3 Å². The van der Waals surface area contributed by atoms with E-state index in [4.69, 9.17) is 4.74 Å². The van der Waals surface area contributed by atoms with Gasteiger partial charge in [-0.25, -0.2) is 4.79 Å². The topological polar surface area (TPSA) is 72.5 Å². The van der Waals surface area contributed by atoms with Crippen LogP contribution in [0.1, 0.15) is 57.7 Å². The van der Waals surface area contributed by atoms with Crippen molar-refractivity contribution < 1.29 is 19.1 Å². The lowest BCUT2D eigenvalue weighted by atomic mass is 10.1. The van der Waals surface area contributed by atoms with Crippen LogP contribution >= 0.6 is 11.3 Å². The number of esters is 1. The van der Waals surface area contributed by atoms with Crippen LogP contribution in [0, 0.1) is 12.8 Å². The molecule has 27 heavy (non-hydrogen) atoms. The van der Waals surface area contributed by atoms with Gasteiger partial charge in [0.1, 0.15) is 4.88 Å². The van der Waals surface area contributed by atoms with Crippen molar-refractivity contribution in [2.24, 2.45) is 5.92 Å². The van der Waals surface area contributed by atoms with E-state index in [9.17, 15) is 14.4 Å². The third kappa shape index (κ3) is 6.03. The molecule has 1 heterocycles. The lowest BCUT2D eigenvalue weighted by Gasteiger charge is -2.08. The van der Waals surface area contributed by atoms with Crippen LogP contribution < -0.4 is 5.32 Å². The standard InChI is InChI=1S/C21H25NO4S/c1-5-18-14(4)11-19(27-18)21(25)26-12-17(23)15-6-8-16(9-7-15)22-20(24)10-13(2)3/h6-9,11,13H,5,10,12H2,1-4H3,(H,22,24). The predicted molar refractivity (Wildman–Crippen MR) is 108 cm³/mol. The summed E-state index contributed by atoms with van der Waals surface area (Å²) in [6, 6.07) is 8.37. The van der Waals surface area contributed by atoms with Gasteiger partial charge in [-0.3, -0.25) is 9.59 Å². The second-order valence-electron chi connectivity index (χ2n) is 6.79. The Labute approximate surface area is 163 Å². The molecule has 1 aromatic carbocycles. The number of thiophene rings is 1. The molecule has 0 fully saturated rings. The number of benzene rings is 1. The molecule has 2 aromatic rings. The largest absolute Gasteiger partial charge is 0.453 e. The van der Waals surface area contributed by atoms with Crippen LogP contribution in [0.3, 0.4) is 0 Å². The Kier molecular flexibility index (Phi) is 7.30. The maximum atomic E-state index is 12.2. The van der Waals surface area contributed by atoms with E-state index < -0.39 is 5.97 Å². The smallest absolute Gasteiger partial charge is 0.348 e. The van der Waals surface area contributed by atoms with E-state index in [1.165, 1.54) is 11.3 Å². The van der Waals surface area contributed by atoms with Crippen LogP contribution in [0.4, 0.5) is 5.69 Å². The van der Waals surface area contributed by atoms with Crippen LogP contribution in [0.25, 0.3) is 0 Å². The van der Waals surface area contributed by atoms with Gasteiger partial charge in [-0.2, -0.15) is 0 Å². The van der Waals surface area contributed by atoms with Crippen molar-refractivity contribution in [1.29, 1.82) is 0 Å². The van der Waals surface area contributed by atoms with E-state index in [-0.39, 0.29) is 24.2 Å². The molecule has 0 aliphatic rings. The Morgan fingerprint density at radius 3 is 2.37 bits per heavy atom. The first-order valence-corrected chi connectivity index (χ1v) is 9.81. The zero-order valence-electron chi connectivity index (χ0n) is 16.1. The maximum absolute atomic E-state index is 12.2. The van der Waals surface area contributed by atoms with E-state index in [0.29, 0.717) is 22.5 Å². The third-order valence-electron chi connectivity index (χ3n) is 3.96. The van der Waals surface area contributed by atoms with E-state index >= 15 is 0 Å². The maximum Gasteiger partial charge on any atom is 0.348 e. The highest BCUT2D eigenvalue weighted by atomic mass is 32.1. The first-order valence-electron chi connectivity index (χ1n) is 8.99. The molecule has 0 aliphatic heterocycles. The number of nitrogens with one attached hydrogen (secondary N) is 1. The van der Waals surface area contributed by atoms with E-state index in [0.717, 1.165) is 16.9 Å². The summed E-state index contributed by atoms with van der Waals surface area (Å²) in [5.41, 5.74) is 2.13. The van der Waals surface area contributed by atoms with Crippen molar-refractivity contribution >= 4 is 34.7 Å². The number of ketones is 1. The van der Waals surface area contributed by atoms with Crippen molar-refractivity contribution in [2.75, 3.05) is 11.9 Å². The van der Waals surface area contributed by atoms with Crippen LogP contribution in [0.2, 0.25) is 0 Å². The third-order valence-corrected chi connectivity index (χ3v) is 5.32. The average Bonchev–Trinajstić information content (AvgIpc) is 3.00. The molecular formula is C21H25NO4S. The molecule has 0 saturated heterocycles. The van der Waals surface area contributed by atoms with Gasteiger partial charge in [-0.05, 0) is 55.2 Å². The molecule has 1 aromatic heterocycles. The number of anilines is 1. The molecule has 1 N–H and O–H groups in total. The first kappa shape index (κ1) is 20.8. The molecule has 6 heteroatoms. The molecule has 0 aliphatic carbocycles. The van der Waals surface area contributed by atoms with Crippen molar-refractivity contribution in [1.82, 2.24) is 0 Å². The molecule has 2 rings (SSSR count). The van der Waals surface area contributed by atoms with Gasteiger partial charge in [0.15, 0.2) is 12.4 Å². The van der Waals surface area contributed by atoms with Gasteiger partial charge in [0.25, 0.3) is 0 Å². The highest BCUT2D eigenvalue weighted by Crippen LogP contribution is 2.23. The Balaban J connectivity index is 1.90. The fourth-order valence-electron chi connectivity index (χ4n) is 2.58. The second-order valence-corrected chi connectivity index (χ2v) is 7.93. The zero-order chi connectivity index (χ0) is 20.0. The lowest BCUT2D eigenvalue weighted by molar-refractivity contribution is -0.116. The monoisotopic (exact) mass is 387 g/mol. The second kappa shape index (κ2) is 9.46. The van der Waals surface area contributed by atoms with E-state index in [1.807, 2.05) is 27.7 Å². The number of hydrogen-bond donors (Lipinski definition) is 1. The number of hydrogen-bond acceptors (Lipinski definition) is 5. The Morgan fingerprint density at radius 1 is 1.15 bits per heavy atom. The normalized spacial score (nSPS) is 10.7. The average molecular weight is 388 g/mol. The number of aryl methyl sites for hydroxylation is 2. The fraction of sp³-hybridized carbons (Fsp3) is 0.381. The number of carbonyl (C=O) groups excluding carboxylic acids is 3.